The molecule has 0 unspecified atom stereocenters. The molecule has 0 bridgehead atoms. The van der Waals surface area contributed by atoms with Gasteiger partial charge >= 0.3 is 5.97 Å². The first-order chi connectivity index (χ1) is 9.06. The minimum atomic E-state index is -0.920. The summed E-state index contributed by atoms with van der Waals surface area (Å²) >= 11 is 0. The van der Waals surface area contributed by atoms with Crippen LogP contribution in [0.2, 0.25) is 0 Å². The first-order valence-electron chi connectivity index (χ1n) is 6.73. The highest BCUT2D eigenvalue weighted by Crippen LogP contribution is 2.19. The summed E-state index contributed by atoms with van der Waals surface area (Å²) in [6.45, 7) is 3.86. The lowest BCUT2D eigenvalue weighted by molar-refractivity contribution is 0.0692. The molecule has 1 aliphatic heterocycles. The normalized spacial score (nSPS) is 18.1. The number of aromatic carboxylic acids is 1. The Kier molecular flexibility index (Phi) is 4.61. The number of carboxylic acid groups (broad SMARTS) is 1. The van der Waals surface area contributed by atoms with Gasteiger partial charge in [-0.15, -0.1) is 0 Å². The second kappa shape index (κ2) is 6.21. The number of hydrogen-bond acceptors (Lipinski definition) is 4. The summed E-state index contributed by atoms with van der Waals surface area (Å²) in [5, 5.41) is 9.03. The van der Waals surface area contributed by atoms with Crippen LogP contribution in [0.4, 0.5) is 0 Å². The molecule has 0 amide bonds. The summed E-state index contributed by atoms with van der Waals surface area (Å²) in [7, 11) is 4.17. The predicted molar refractivity (Wildman–Crippen MR) is 72.2 cm³/mol. The Morgan fingerprint density at radius 1 is 1.53 bits per heavy atom. The van der Waals surface area contributed by atoms with Gasteiger partial charge in [-0.1, -0.05) is 0 Å². The molecule has 106 valence electrons. The molecule has 1 saturated heterocycles. The van der Waals surface area contributed by atoms with Crippen LogP contribution >= 0.6 is 0 Å². The van der Waals surface area contributed by atoms with Crippen LogP contribution in [0, 0.1) is 5.92 Å². The summed E-state index contributed by atoms with van der Waals surface area (Å²) < 4.78 is 5.27. The number of piperidine rings is 1. The number of furan rings is 1. The first-order valence-corrected chi connectivity index (χ1v) is 6.73. The molecule has 2 rings (SSSR count). The maximum absolute atomic E-state index is 11.0. The molecule has 2 heterocycles. The van der Waals surface area contributed by atoms with Crippen LogP contribution in [0.15, 0.2) is 16.7 Å². The Morgan fingerprint density at radius 3 is 2.84 bits per heavy atom. The molecular weight excluding hydrogens is 244 g/mol. The molecule has 19 heavy (non-hydrogen) atoms. The van der Waals surface area contributed by atoms with Gasteiger partial charge < -0.3 is 14.4 Å². The molecule has 1 fully saturated rings. The van der Waals surface area contributed by atoms with E-state index < -0.39 is 5.97 Å². The van der Waals surface area contributed by atoms with Crippen molar-refractivity contribution in [1.29, 1.82) is 0 Å². The highest BCUT2D eigenvalue weighted by molar-refractivity contribution is 5.88. The number of carbonyl (C=O) groups is 1. The summed E-state index contributed by atoms with van der Waals surface area (Å²) in [6.07, 6.45) is 3.87. The standard InChI is InChI=1S/C14H22N2O3/c1-15-6-3-11(4-7-15)9-16(2)10-13-12(14(17)18)5-8-19-13/h5,8,11H,3-4,6-7,9-10H2,1-2H3,(H,17,18). The van der Waals surface area contributed by atoms with E-state index in [-0.39, 0.29) is 5.56 Å². The van der Waals surface area contributed by atoms with Crippen molar-refractivity contribution in [3.05, 3.63) is 23.7 Å². The maximum atomic E-state index is 11.0. The number of nitrogens with zero attached hydrogens (tertiary/aromatic N) is 2. The van der Waals surface area contributed by atoms with Gasteiger partial charge in [0.2, 0.25) is 0 Å². The van der Waals surface area contributed by atoms with E-state index in [1.807, 2.05) is 7.05 Å². The Balaban J connectivity index is 1.85. The van der Waals surface area contributed by atoms with E-state index in [0.29, 0.717) is 18.2 Å². The molecule has 1 aromatic rings. The number of hydrogen-bond donors (Lipinski definition) is 1. The van der Waals surface area contributed by atoms with Crippen LogP contribution in [0.1, 0.15) is 29.0 Å². The van der Waals surface area contributed by atoms with Crippen molar-refractivity contribution >= 4 is 5.97 Å². The van der Waals surface area contributed by atoms with Gasteiger partial charge in [-0.3, -0.25) is 4.90 Å². The van der Waals surface area contributed by atoms with Crippen molar-refractivity contribution in [3.63, 3.8) is 0 Å². The largest absolute Gasteiger partial charge is 0.478 e. The van der Waals surface area contributed by atoms with Gasteiger partial charge in [0.05, 0.1) is 12.8 Å². The Bertz CT molecular complexity index is 422. The third kappa shape index (κ3) is 3.81. The van der Waals surface area contributed by atoms with Crippen LogP contribution in [-0.2, 0) is 6.54 Å². The molecule has 1 aliphatic rings. The molecule has 0 aromatic carbocycles. The fourth-order valence-electron chi connectivity index (χ4n) is 2.65. The zero-order valence-corrected chi connectivity index (χ0v) is 11.6. The molecule has 0 radical (unpaired) electrons. The zero-order chi connectivity index (χ0) is 13.8. The average Bonchev–Trinajstić information content (AvgIpc) is 2.80. The molecule has 0 aliphatic carbocycles. The van der Waals surface area contributed by atoms with Crippen LogP contribution in [-0.4, -0.2) is 54.6 Å². The lowest BCUT2D eigenvalue weighted by Crippen LogP contribution is -2.35. The van der Waals surface area contributed by atoms with Gasteiger partial charge in [0.1, 0.15) is 11.3 Å². The third-order valence-corrected chi connectivity index (χ3v) is 3.80. The van der Waals surface area contributed by atoms with Gasteiger partial charge in [-0.25, -0.2) is 4.79 Å². The molecule has 1 aromatic heterocycles. The van der Waals surface area contributed by atoms with E-state index in [1.165, 1.54) is 25.2 Å². The minimum Gasteiger partial charge on any atom is -0.478 e. The molecule has 5 nitrogen and oxygen atoms in total. The van der Waals surface area contributed by atoms with E-state index in [1.54, 1.807) is 0 Å². The average molecular weight is 266 g/mol. The molecule has 0 atom stereocenters. The second-order valence-electron chi connectivity index (χ2n) is 5.51. The van der Waals surface area contributed by atoms with Gasteiger partial charge in [0, 0.05) is 6.54 Å². The summed E-state index contributed by atoms with van der Waals surface area (Å²) in [6, 6.07) is 1.51. The van der Waals surface area contributed by atoms with E-state index >= 15 is 0 Å². The fraction of sp³-hybridized carbons (Fsp3) is 0.643. The number of likely N-dealkylation sites (tertiary alicyclic amines) is 1. The van der Waals surface area contributed by atoms with Crippen molar-refractivity contribution in [2.24, 2.45) is 5.92 Å². The van der Waals surface area contributed by atoms with E-state index in [9.17, 15) is 4.79 Å². The van der Waals surface area contributed by atoms with Crippen molar-refractivity contribution in [3.8, 4) is 0 Å². The van der Waals surface area contributed by atoms with Crippen molar-refractivity contribution in [1.82, 2.24) is 9.80 Å². The first kappa shape index (κ1) is 14.1. The van der Waals surface area contributed by atoms with Gasteiger partial charge in [-0.2, -0.15) is 0 Å². The molecule has 1 N–H and O–H groups in total. The van der Waals surface area contributed by atoms with Crippen LogP contribution in [0.25, 0.3) is 0 Å². The summed E-state index contributed by atoms with van der Waals surface area (Å²) in [5.74, 6) is 0.323. The highest BCUT2D eigenvalue weighted by Gasteiger charge is 2.20. The topological polar surface area (TPSA) is 56.9 Å². The summed E-state index contributed by atoms with van der Waals surface area (Å²) in [4.78, 5) is 15.5. The zero-order valence-electron chi connectivity index (χ0n) is 11.6. The minimum absolute atomic E-state index is 0.273. The third-order valence-electron chi connectivity index (χ3n) is 3.80. The van der Waals surface area contributed by atoms with E-state index in [2.05, 4.69) is 16.8 Å². The smallest absolute Gasteiger partial charge is 0.339 e. The second-order valence-corrected chi connectivity index (χ2v) is 5.51. The lowest BCUT2D eigenvalue weighted by atomic mass is 9.96. The Hall–Kier alpha value is -1.33. The summed E-state index contributed by atoms with van der Waals surface area (Å²) in [5.41, 5.74) is 0.273. The van der Waals surface area contributed by atoms with E-state index in [4.69, 9.17) is 9.52 Å². The SMILES string of the molecule is CN1CCC(CN(C)Cc2occc2C(=O)O)CC1. The van der Waals surface area contributed by atoms with Gasteiger partial charge in [-0.05, 0) is 52.0 Å². The highest BCUT2D eigenvalue weighted by atomic mass is 16.4. The Labute approximate surface area is 113 Å². The number of rotatable bonds is 5. The lowest BCUT2D eigenvalue weighted by Gasteiger charge is -2.31. The fourth-order valence-corrected chi connectivity index (χ4v) is 2.65. The quantitative estimate of drug-likeness (QED) is 0.880. The van der Waals surface area contributed by atoms with Crippen LogP contribution in [0.5, 0.6) is 0 Å². The van der Waals surface area contributed by atoms with Crippen LogP contribution in [0.3, 0.4) is 0 Å². The van der Waals surface area contributed by atoms with Gasteiger partial charge in [0.15, 0.2) is 0 Å². The molecular formula is C14H22N2O3. The van der Waals surface area contributed by atoms with E-state index in [0.717, 1.165) is 19.6 Å². The monoisotopic (exact) mass is 266 g/mol. The van der Waals surface area contributed by atoms with Crippen molar-refractivity contribution < 1.29 is 14.3 Å². The molecule has 0 spiro atoms. The number of carboxylic acids is 1. The van der Waals surface area contributed by atoms with Crippen LogP contribution < -0.4 is 0 Å². The van der Waals surface area contributed by atoms with Crippen molar-refractivity contribution in [2.75, 3.05) is 33.7 Å². The Morgan fingerprint density at radius 2 is 2.21 bits per heavy atom. The predicted octanol–water partition coefficient (Wildman–Crippen LogP) is 1.75. The maximum Gasteiger partial charge on any atom is 0.339 e. The van der Waals surface area contributed by atoms with Gasteiger partial charge in [0.25, 0.3) is 0 Å². The molecule has 0 saturated carbocycles. The van der Waals surface area contributed by atoms with Crippen molar-refractivity contribution in [2.45, 2.75) is 19.4 Å². The molecule has 5 heteroatoms.